The number of nitrogens with one attached hydrogen (secondary N) is 1. The summed E-state index contributed by atoms with van der Waals surface area (Å²) in [5, 5.41) is 4.74. The van der Waals surface area contributed by atoms with Gasteiger partial charge in [0.15, 0.2) is 0 Å². The fourth-order valence-electron chi connectivity index (χ4n) is 2.80. The first-order valence-corrected chi connectivity index (χ1v) is 9.23. The fraction of sp³-hybridized carbons (Fsp3) is 0.471. The van der Waals surface area contributed by atoms with E-state index in [9.17, 15) is 0 Å². The minimum Gasteiger partial charge on any atom is -0.314 e. The van der Waals surface area contributed by atoms with Gasteiger partial charge in [0.25, 0.3) is 0 Å². The van der Waals surface area contributed by atoms with Crippen LogP contribution in [0.3, 0.4) is 0 Å². The highest BCUT2D eigenvalue weighted by atomic mass is 79.9. The highest BCUT2D eigenvalue weighted by molar-refractivity contribution is 9.10. The molecule has 3 rings (SSSR count). The number of hydrogen-bond acceptors (Lipinski definition) is 3. The maximum Gasteiger partial charge on any atom is 0.123 e. The summed E-state index contributed by atoms with van der Waals surface area (Å²) in [4.78, 5) is 6.47. The summed E-state index contributed by atoms with van der Waals surface area (Å²) >= 11 is 5.37. The lowest BCUT2D eigenvalue weighted by atomic mass is 9.91. The quantitative estimate of drug-likeness (QED) is 0.826. The number of hydrogen-bond donors (Lipinski definition) is 1. The number of aryl methyl sites for hydroxylation is 1. The van der Waals surface area contributed by atoms with Crippen molar-refractivity contribution < 1.29 is 0 Å². The van der Waals surface area contributed by atoms with Crippen LogP contribution in [0.5, 0.6) is 0 Å². The molecule has 0 radical (unpaired) electrons. The summed E-state index contributed by atoms with van der Waals surface area (Å²) in [5.41, 5.74) is 2.57. The number of benzene rings is 1. The molecular weight excluding hydrogens is 344 g/mol. The van der Waals surface area contributed by atoms with Gasteiger partial charge in [-0.05, 0) is 31.4 Å². The topological polar surface area (TPSA) is 24.9 Å². The van der Waals surface area contributed by atoms with Crippen LogP contribution in [0.4, 0.5) is 0 Å². The molecule has 0 saturated carbocycles. The Morgan fingerprint density at radius 1 is 1.33 bits per heavy atom. The molecule has 0 spiro atoms. The van der Waals surface area contributed by atoms with Crippen molar-refractivity contribution in [2.75, 3.05) is 6.54 Å². The third-order valence-corrected chi connectivity index (χ3v) is 5.64. The van der Waals surface area contributed by atoms with E-state index >= 15 is 0 Å². The van der Waals surface area contributed by atoms with Gasteiger partial charge in [-0.1, -0.05) is 41.9 Å². The third-order valence-electron chi connectivity index (χ3n) is 3.93. The molecule has 112 valence electrons. The van der Waals surface area contributed by atoms with E-state index in [1.165, 1.54) is 40.4 Å². The molecule has 4 heteroatoms. The van der Waals surface area contributed by atoms with Crippen LogP contribution >= 0.6 is 27.3 Å². The summed E-state index contributed by atoms with van der Waals surface area (Å²) in [6.07, 6.45) is 3.75. The van der Waals surface area contributed by atoms with Gasteiger partial charge in [-0.3, -0.25) is 0 Å². The number of aromatic nitrogens is 1. The zero-order valence-corrected chi connectivity index (χ0v) is 14.9. The first-order chi connectivity index (χ1) is 10.1. The van der Waals surface area contributed by atoms with E-state index in [1.807, 2.05) is 11.3 Å². The summed E-state index contributed by atoms with van der Waals surface area (Å²) in [6, 6.07) is 9.02. The van der Waals surface area contributed by atoms with Crippen LogP contribution in [-0.2, 0) is 6.42 Å². The summed E-state index contributed by atoms with van der Waals surface area (Å²) < 4.78 is 1.12. The molecule has 1 aromatic heterocycles. The Hall–Kier alpha value is -0.710. The van der Waals surface area contributed by atoms with Crippen molar-refractivity contribution in [2.45, 2.75) is 45.1 Å². The Kier molecular flexibility index (Phi) is 4.77. The van der Waals surface area contributed by atoms with E-state index in [4.69, 9.17) is 4.98 Å². The zero-order chi connectivity index (χ0) is 14.8. The van der Waals surface area contributed by atoms with Gasteiger partial charge < -0.3 is 5.32 Å². The molecule has 0 amide bonds. The molecule has 0 fully saturated rings. The van der Waals surface area contributed by atoms with Crippen LogP contribution in [0, 0.1) is 0 Å². The van der Waals surface area contributed by atoms with Gasteiger partial charge in [0.1, 0.15) is 5.01 Å². The normalized spacial score (nSPS) is 18.0. The Labute approximate surface area is 139 Å². The number of fused-ring (bicyclic) bond motifs is 1. The van der Waals surface area contributed by atoms with Crippen molar-refractivity contribution in [2.24, 2.45) is 0 Å². The van der Waals surface area contributed by atoms with Crippen LogP contribution in [-0.4, -0.2) is 17.6 Å². The highest BCUT2D eigenvalue weighted by Gasteiger charge is 2.25. The lowest BCUT2D eigenvalue weighted by Gasteiger charge is -2.22. The van der Waals surface area contributed by atoms with E-state index in [0.29, 0.717) is 12.0 Å². The van der Waals surface area contributed by atoms with Gasteiger partial charge in [0.2, 0.25) is 0 Å². The van der Waals surface area contributed by atoms with E-state index in [2.05, 4.69) is 59.4 Å². The van der Waals surface area contributed by atoms with Crippen molar-refractivity contribution in [1.29, 1.82) is 0 Å². The van der Waals surface area contributed by atoms with Crippen molar-refractivity contribution in [3.63, 3.8) is 0 Å². The second-order valence-corrected chi connectivity index (χ2v) is 7.99. The maximum absolute atomic E-state index is 4.97. The average Bonchev–Trinajstić information content (AvgIpc) is 2.90. The monoisotopic (exact) mass is 364 g/mol. The van der Waals surface area contributed by atoms with Gasteiger partial charge in [-0.15, -0.1) is 11.3 Å². The van der Waals surface area contributed by atoms with Crippen molar-refractivity contribution in [1.82, 2.24) is 10.3 Å². The molecule has 1 aliphatic carbocycles. The molecule has 0 saturated heterocycles. The second kappa shape index (κ2) is 6.59. The van der Waals surface area contributed by atoms with Crippen LogP contribution < -0.4 is 5.32 Å². The van der Waals surface area contributed by atoms with Gasteiger partial charge in [0, 0.05) is 33.4 Å². The van der Waals surface area contributed by atoms with Crippen molar-refractivity contribution in [3.05, 3.63) is 39.3 Å². The van der Waals surface area contributed by atoms with Crippen LogP contribution in [0.25, 0.3) is 10.6 Å². The first-order valence-electron chi connectivity index (χ1n) is 7.62. The van der Waals surface area contributed by atoms with Gasteiger partial charge in [0.05, 0.1) is 5.69 Å². The van der Waals surface area contributed by atoms with E-state index in [-0.39, 0.29) is 0 Å². The molecule has 1 aromatic carbocycles. The second-order valence-electron chi connectivity index (χ2n) is 5.99. The summed E-state index contributed by atoms with van der Waals surface area (Å²) in [6.45, 7) is 5.46. The van der Waals surface area contributed by atoms with Crippen molar-refractivity contribution in [3.8, 4) is 10.6 Å². The third kappa shape index (κ3) is 3.55. The lowest BCUT2D eigenvalue weighted by Crippen LogP contribution is -2.29. The van der Waals surface area contributed by atoms with Crippen molar-refractivity contribution >= 4 is 27.3 Å². The predicted molar refractivity (Wildman–Crippen MR) is 94.1 cm³/mol. The molecule has 21 heavy (non-hydrogen) atoms. The van der Waals surface area contributed by atoms with Gasteiger partial charge in [-0.2, -0.15) is 0 Å². The van der Waals surface area contributed by atoms with Crippen LogP contribution in [0.15, 0.2) is 28.7 Å². The smallest absolute Gasteiger partial charge is 0.123 e. The number of nitrogens with zero attached hydrogens (tertiary/aromatic N) is 1. The molecule has 1 N–H and O–H groups in total. The Morgan fingerprint density at radius 3 is 2.81 bits per heavy atom. The van der Waals surface area contributed by atoms with Crippen LogP contribution in [0.2, 0.25) is 0 Å². The lowest BCUT2D eigenvalue weighted by molar-refractivity contribution is 0.475. The SMILES string of the molecule is CC(C)NCC1CCCc2sc(-c3ccc(Br)cc3)nc21. The molecule has 1 atom stereocenters. The van der Waals surface area contributed by atoms with E-state index in [0.717, 1.165) is 11.0 Å². The molecule has 0 aliphatic heterocycles. The Bertz CT molecular complexity index is 604. The molecule has 0 bridgehead atoms. The Balaban J connectivity index is 1.85. The molecule has 2 nitrogen and oxygen atoms in total. The number of halogens is 1. The number of thiazole rings is 1. The predicted octanol–water partition coefficient (Wildman–Crippen LogP) is 4.99. The Morgan fingerprint density at radius 2 is 2.10 bits per heavy atom. The average molecular weight is 365 g/mol. The number of rotatable bonds is 4. The molecular formula is C17H21BrN2S. The molecule has 1 unspecified atom stereocenters. The van der Waals surface area contributed by atoms with E-state index < -0.39 is 0 Å². The maximum atomic E-state index is 4.97. The van der Waals surface area contributed by atoms with Gasteiger partial charge >= 0.3 is 0 Å². The molecule has 2 aromatic rings. The fourth-order valence-corrected chi connectivity index (χ4v) is 4.26. The standard InChI is InChI=1S/C17H21BrN2S/c1-11(2)19-10-13-4-3-5-15-16(13)20-17(21-15)12-6-8-14(18)9-7-12/h6-9,11,13,19H,3-5,10H2,1-2H3. The first kappa shape index (κ1) is 15.2. The van der Waals surface area contributed by atoms with Gasteiger partial charge in [-0.25, -0.2) is 4.98 Å². The molecule has 1 aliphatic rings. The minimum atomic E-state index is 0.542. The summed E-state index contributed by atoms with van der Waals surface area (Å²) in [7, 11) is 0. The minimum absolute atomic E-state index is 0.542. The zero-order valence-electron chi connectivity index (χ0n) is 12.5. The largest absolute Gasteiger partial charge is 0.314 e. The highest BCUT2D eigenvalue weighted by Crippen LogP contribution is 2.38. The van der Waals surface area contributed by atoms with E-state index in [1.54, 1.807) is 0 Å². The molecule has 1 heterocycles. The van der Waals surface area contributed by atoms with Crippen LogP contribution in [0.1, 0.15) is 43.2 Å². The summed E-state index contributed by atoms with van der Waals surface area (Å²) in [5.74, 6) is 0.580.